The van der Waals surface area contributed by atoms with Gasteiger partial charge in [-0.3, -0.25) is 4.79 Å². The van der Waals surface area contributed by atoms with Crippen LogP contribution in [0.4, 0.5) is 0 Å². The van der Waals surface area contributed by atoms with Crippen LogP contribution in [0.25, 0.3) is 0 Å². The third kappa shape index (κ3) is 2.59. The number of nitrogens with zero attached hydrogens (tertiary/aromatic N) is 1. The third-order valence-corrected chi connectivity index (χ3v) is 5.17. The molecule has 0 spiro atoms. The van der Waals surface area contributed by atoms with Crippen molar-refractivity contribution in [3.63, 3.8) is 0 Å². The maximum Gasteiger partial charge on any atom is 0.329 e. The van der Waals surface area contributed by atoms with E-state index < -0.39 is 11.5 Å². The van der Waals surface area contributed by atoms with Gasteiger partial charge in [0, 0.05) is 7.05 Å². The van der Waals surface area contributed by atoms with Crippen LogP contribution in [-0.4, -0.2) is 34.5 Å². The summed E-state index contributed by atoms with van der Waals surface area (Å²) in [5.41, 5.74) is -0.0530. The highest BCUT2D eigenvalue weighted by atomic mass is 32.1. The normalized spacial score (nSPS) is 19.3. The molecule has 0 aromatic carbocycles. The van der Waals surface area contributed by atoms with Gasteiger partial charge >= 0.3 is 5.97 Å². The van der Waals surface area contributed by atoms with Crippen LogP contribution in [0.15, 0.2) is 16.8 Å². The maximum absolute atomic E-state index is 12.6. The molecule has 1 aromatic heterocycles. The second-order valence-electron chi connectivity index (χ2n) is 5.57. The van der Waals surface area contributed by atoms with Crippen LogP contribution in [0.3, 0.4) is 0 Å². The molecule has 2 rings (SSSR count). The van der Waals surface area contributed by atoms with Gasteiger partial charge < -0.3 is 10.0 Å². The monoisotopic (exact) mass is 295 g/mol. The van der Waals surface area contributed by atoms with Gasteiger partial charge in [0.2, 0.25) is 5.91 Å². The first kappa shape index (κ1) is 15.0. The van der Waals surface area contributed by atoms with E-state index >= 15 is 0 Å². The van der Waals surface area contributed by atoms with Gasteiger partial charge in [0.05, 0.1) is 5.92 Å². The average Bonchev–Trinajstić information content (AvgIpc) is 2.99. The minimum Gasteiger partial charge on any atom is -0.479 e. The average molecular weight is 295 g/mol. The van der Waals surface area contributed by atoms with Crippen molar-refractivity contribution >= 4 is 23.2 Å². The Kier molecular flexibility index (Phi) is 4.48. The molecule has 0 bridgehead atoms. The number of hydrogen-bond donors (Lipinski definition) is 1. The number of aliphatic carboxylic acids is 1. The Morgan fingerprint density at radius 1 is 1.35 bits per heavy atom. The van der Waals surface area contributed by atoms with Crippen molar-refractivity contribution in [3.05, 3.63) is 22.4 Å². The molecule has 1 saturated carbocycles. The van der Waals surface area contributed by atoms with E-state index in [1.807, 2.05) is 23.8 Å². The Morgan fingerprint density at radius 3 is 2.50 bits per heavy atom. The Labute approximate surface area is 123 Å². The first-order valence-electron chi connectivity index (χ1n) is 7.02. The number of carbonyl (C=O) groups is 2. The van der Waals surface area contributed by atoms with Gasteiger partial charge in [-0.05, 0) is 42.2 Å². The molecule has 20 heavy (non-hydrogen) atoms. The van der Waals surface area contributed by atoms with E-state index in [1.165, 1.54) is 4.90 Å². The standard InChI is InChI=1S/C15H21NO3S/c1-11(12-6-9-20-10-12)13(17)16(2)15(14(18)19)7-4-3-5-8-15/h6,9-11H,3-5,7-8H2,1-2H3,(H,18,19). The van der Waals surface area contributed by atoms with E-state index in [-0.39, 0.29) is 11.8 Å². The molecule has 1 amide bonds. The van der Waals surface area contributed by atoms with Crippen LogP contribution >= 0.6 is 11.3 Å². The van der Waals surface area contributed by atoms with Crippen molar-refractivity contribution < 1.29 is 14.7 Å². The summed E-state index contributed by atoms with van der Waals surface area (Å²) in [5, 5.41) is 13.5. The summed E-state index contributed by atoms with van der Waals surface area (Å²) >= 11 is 1.55. The molecule has 4 nitrogen and oxygen atoms in total. The van der Waals surface area contributed by atoms with Crippen LogP contribution in [0.1, 0.15) is 50.5 Å². The van der Waals surface area contributed by atoms with E-state index in [0.717, 1.165) is 24.8 Å². The molecular formula is C15H21NO3S. The molecule has 110 valence electrons. The lowest BCUT2D eigenvalue weighted by atomic mass is 9.80. The minimum atomic E-state index is -1.01. The first-order chi connectivity index (χ1) is 9.49. The smallest absolute Gasteiger partial charge is 0.329 e. The van der Waals surface area contributed by atoms with Crippen molar-refractivity contribution in [2.45, 2.75) is 50.5 Å². The summed E-state index contributed by atoms with van der Waals surface area (Å²) in [6, 6.07) is 1.93. The largest absolute Gasteiger partial charge is 0.479 e. The Bertz CT molecular complexity index is 477. The Hall–Kier alpha value is -1.36. The molecule has 1 aliphatic carbocycles. The summed E-state index contributed by atoms with van der Waals surface area (Å²) in [5.74, 6) is -1.26. The molecule has 1 fully saturated rings. The van der Waals surface area contributed by atoms with Gasteiger partial charge in [-0.15, -0.1) is 0 Å². The van der Waals surface area contributed by atoms with Crippen molar-refractivity contribution in [1.82, 2.24) is 4.90 Å². The number of rotatable bonds is 4. The van der Waals surface area contributed by atoms with Gasteiger partial charge in [-0.25, -0.2) is 4.79 Å². The number of carboxylic acids is 1. The highest BCUT2D eigenvalue weighted by Crippen LogP contribution is 2.35. The molecule has 1 heterocycles. The zero-order valence-corrected chi connectivity index (χ0v) is 12.8. The third-order valence-electron chi connectivity index (χ3n) is 4.47. The van der Waals surface area contributed by atoms with E-state index in [0.29, 0.717) is 12.8 Å². The molecule has 1 aromatic rings. The summed E-state index contributed by atoms with van der Waals surface area (Å²) in [6.07, 6.45) is 3.91. The van der Waals surface area contributed by atoms with Gasteiger partial charge in [0.1, 0.15) is 5.54 Å². The Balaban J connectivity index is 2.21. The van der Waals surface area contributed by atoms with Crippen LogP contribution in [-0.2, 0) is 9.59 Å². The van der Waals surface area contributed by atoms with Crippen LogP contribution in [0.5, 0.6) is 0 Å². The van der Waals surface area contributed by atoms with Crippen molar-refractivity contribution in [1.29, 1.82) is 0 Å². The zero-order chi connectivity index (χ0) is 14.8. The summed E-state index contributed by atoms with van der Waals surface area (Å²) in [6.45, 7) is 1.85. The van der Waals surface area contributed by atoms with E-state index in [9.17, 15) is 14.7 Å². The number of likely N-dealkylation sites (N-methyl/N-ethyl adjacent to an activating group) is 1. The molecule has 1 N–H and O–H groups in total. The van der Waals surface area contributed by atoms with Gasteiger partial charge in [0.15, 0.2) is 0 Å². The fourth-order valence-corrected chi connectivity index (χ4v) is 3.75. The quantitative estimate of drug-likeness (QED) is 0.928. The molecule has 1 atom stereocenters. The second-order valence-corrected chi connectivity index (χ2v) is 6.35. The molecular weight excluding hydrogens is 274 g/mol. The van der Waals surface area contributed by atoms with Gasteiger partial charge in [-0.2, -0.15) is 11.3 Å². The van der Waals surface area contributed by atoms with Crippen LogP contribution in [0.2, 0.25) is 0 Å². The second kappa shape index (κ2) is 5.95. The van der Waals surface area contributed by atoms with E-state index in [1.54, 1.807) is 18.4 Å². The summed E-state index contributed by atoms with van der Waals surface area (Å²) in [4.78, 5) is 25.8. The van der Waals surface area contributed by atoms with Crippen molar-refractivity contribution in [2.75, 3.05) is 7.05 Å². The SMILES string of the molecule is CC(C(=O)N(C)C1(C(=O)O)CCCCC1)c1ccsc1. The molecule has 5 heteroatoms. The molecule has 0 saturated heterocycles. The number of thiophene rings is 1. The molecule has 0 aliphatic heterocycles. The van der Waals surface area contributed by atoms with Crippen molar-refractivity contribution in [3.8, 4) is 0 Å². The number of carboxylic acid groups (broad SMARTS) is 1. The molecule has 1 unspecified atom stereocenters. The minimum absolute atomic E-state index is 0.104. The summed E-state index contributed by atoms with van der Waals surface area (Å²) in [7, 11) is 1.64. The Morgan fingerprint density at radius 2 is 2.00 bits per heavy atom. The van der Waals surface area contributed by atoms with E-state index in [2.05, 4.69) is 0 Å². The lowest BCUT2D eigenvalue weighted by Crippen LogP contribution is -2.57. The summed E-state index contributed by atoms with van der Waals surface area (Å²) < 4.78 is 0. The topological polar surface area (TPSA) is 57.6 Å². The first-order valence-corrected chi connectivity index (χ1v) is 7.96. The van der Waals surface area contributed by atoms with Crippen LogP contribution < -0.4 is 0 Å². The highest BCUT2D eigenvalue weighted by Gasteiger charge is 2.46. The van der Waals surface area contributed by atoms with Crippen molar-refractivity contribution in [2.24, 2.45) is 0 Å². The maximum atomic E-state index is 12.6. The molecule has 1 aliphatic rings. The van der Waals surface area contributed by atoms with E-state index in [4.69, 9.17) is 0 Å². The predicted molar refractivity (Wildman–Crippen MR) is 79.0 cm³/mol. The number of amides is 1. The fraction of sp³-hybridized carbons (Fsp3) is 0.600. The fourth-order valence-electron chi connectivity index (χ4n) is 2.99. The predicted octanol–water partition coefficient (Wildman–Crippen LogP) is 3.10. The number of carbonyl (C=O) groups excluding carboxylic acids is 1. The lowest BCUT2D eigenvalue weighted by Gasteiger charge is -2.42. The number of hydrogen-bond acceptors (Lipinski definition) is 3. The molecule has 0 radical (unpaired) electrons. The highest BCUT2D eigenvalue weighted by molar-refractivity contribution is 7.08. The zero-order valence-electron chi connectivity index (χ0n) is 12.0. The van der Waals surface area contributed by atoms with Gasteiger partial charge in [0.25, 0.3) is 0 Å². The lowest BCUT2D eigenvalue weighted by molar-refractivity contribution is -0.160. The van der Waals surface area contributed by atoms with Gasteiger partial charge in [-0.1, -0.05) is 19.3 Å². The van der Waals surface area contributed by atoms with Crippen LogP contribution in [0, 0.1) is 0 Å².